The first-order chi connectivity index (χ1) is 6.20. The van der Waals surface area contributed by atoms with Gasteiger partial charge in [0, 0.05) is 6.20 Å². The Bertz CT molecular complexity index is 481. The Labute approximate surface area is 75.4 Å². The van der Waals surface area contributed by atoms with Crippen molar-refractivity contribution in [2.24, 2.45) is 0 Å². The van der Waals surface area contributed by atoms with Crippen molar-refractivity contribution >= 4 is 5.65 Å². The minimum Gasteiger partial charge on any atom is -0.250 e. The van der Waals surface area contributed by atoms with Crippen molar-refractivity contribution in [3.05, 3.63) is 34.9 Å². The summed E-state index contributed by atoms with van der Waals surface area (Å²) in [5.74, 6) is 0. The van der Waals surface area contributed by atoms with Crippen molar-refractivity contribution in [2.75, 3.05) is 0 Å². The Morgan fingerprint density at radius 1 is 1.38 bits per heavy atom. The van der Waals surface area contributed by atoms with Crippen LogP contribution in [0.5, 0.6) is 0 Å². The standard InChI is InChI=1S/C9H11N3O/c1-7(2)12-9(13)11-6-4-3-5-8(11)10-12/h3-7H,1-2H3. The second-order valence-corrected chi connectivity index (χ2v) is 3.25. The molecule has 0 saturated heterocycles. The first-order valence-electron chi connectivity index (χ1n) is 4.26. The molecule has 0 saturated carbocycles. The van der Waals surface area contributed by atoms with Crippen LogP contribution in [0.15, 0.2) is 29.2 Å². The third-order valence-corrected chi connectivity index (χ3v) is 1.94. The second kappa shape index (κ2) is 2.73. The van der Waals surface area contributed by atoms with E-state index in [1.165, 1.54) is 4.68 Å². The quantitative estimate of drug-likeness (QED) is 0.653. The highest BCUT2D eigenvalue weighted by Gasteiger charge is 2.07. The summed E-state index contributed by atoms with van der Waals surface area (Å²) in [5, 5.41) is 4.18. The molecule has 2 heterocycles. The lowest BCUT2D eigenvalue weighted by Gasteiger charge is -1.99. The van der Waals surface area contributed by atoms with Gasteiger partial charge in [0.05, 0.1) is 6.04 Å². The number of nitrogens with zero attached hydrogens (tertiary/aromatic N) is 3. The van der Waals surface area contributed by atoms with Gasteiger partial charge in [-0.25, -0.2) is 9.48 Å². The van der Waals surface area contributed by atoms with Crippen LogP contribution >= 0.6 is 0 Å². The fourth-order valence-corrected chi connectivity index (χ4v) is 1.28. The molecule has 0 aliphatic heterocycles. The molecule has 0 radical (unpaired) electrons. The molecule has 4 nitrogen and oxygen atoms in total. The molecule has 0 aromatic carbocycles. The van der Waals surface area contributed by atoms with Crippen LogP contribution < -0.4 is 5.69 Å². The van der Waals surface area contributed by atoms with Gasteiger partial charge in [-0.2, -0.15) is 0 Å². The predicted molar refractivity (Wildman–Crippen MR) is 49.8 cm³/mol. The SMILES string of the molecule is CC(C)n1nc2ccccn2c1=O. The van der Waals surface area contributed by atoms with Gasteiger partial charge < -0.3 is 0 Å². The summed E-state index contributed by atoms with van der Waals surface area (Å²) in [6.45, 7) is 3.88. The maximum Gasteiger partial charge on any atom is 0.350 e. The lowest BCUT2D eigenvalue weighted by molar-refractivity contribution is 0.514. The lowest BCUT2D eigenvalue weighted by atomic mass is 10.4. The Morgan fingerprint density at radius 3 is 2.77 bits per heavy atom. The number of aromatic nitrogens is 3. The van der Waals surface area contributed by atoms with Crippen molar-refractivity contribution in [3.63, 3.8) is 0 Å². The van der Waals surface area contributed by atoms with Gasteiger partial charge in [0.2, 0.25) is 0 Å². The molecule has 0 bridgehead atoms. The Hall–Kier alpha value is -1.58. The zero-order chi connectivity index (χ0) is 9.42. The average Bonchev–Trinajstić information content (AvgIpc) is 2.45. The average molecular weight is 177 g/mol. The molecule has 13 heavy (non-hydrogen) atoms. The van der Waals surface area contributed by atoms with Crippen LogP contribution in [0.2, 0.25) is 0 Å². The molecule has 0 spiro atoms. The highest BCUT2D eigenvalue weighted by Crippen LogP contribution is 2.00. The van der Waals surface area contributed by atoms with Crippen LogP contribution in [0.25, 0.3) is 5.65 Å². The first-order valence-corrected chi connectivity index (χ1v) is 4.26. The molecule has 0 aliphatic carbocycles. The molecule has 0 fully saturated rings. The normalized spacial score (nSPS) is 11.3. The highest BCUT2D eigenvalue weighted by molar-refractivity contribution is 5.35. The van der Waals surface area contributed by atoms with E-state index in [-0.39, 0.29) is 11.7 Å². The van der Waals surface area contributed by atoms with Crippen molar-refractivity contribution in [3.8, 4) is 0 Å². The number of hydrogen-bond donors (Lipinski definition) is 0. The Kier molecular flexibility index (Phi) is 1.69. The van der Waals surface area contributed by atoms with E-state index >= 15 is 0 Å². The third kappa shape index (κ3) is 1.14. The van der Waals surface area contributed by atoms with E-state index in [4.69, 9.17) is 0 Å². The van der Waals surface area contributed by atoms with Gasteiger partial charge in [0.15, 0.2) is 5.65 Å². The summed E-state index contributed by atoms with van der Waals surface area (Å²) in [7, 11) is 0. The van der Waals surface area contributed by atoms with Gasteiger partial charge in [-0.15, -0.1) is 5.10 Å². The molecule has 0 atom stereocenters. The van der Waals surface area contributed by atoms with Gasteiger partial charge in [-0.3, -0.25) is 4.40 Å². The fraction of sp³-hybridized carbons (Fsp3) is 0.333. The summed E-state index contributed by atoms with van der Waals surface area (Å²) in [6, 6.07) is 5.61. The summed E-state index contributed by atoms with van der Waals surface area (Å²) >= 11 is 0. The predicted octanol–water partition coefficient (Wildman–Crippen LogP) is 1.08. The smallest absolute Gasteiger partial charge is 0.250 e. The van der Waals surface area contributed by atoms with Gasteiger partial charge in [-0.1, -0.05) is 6.07 Å². The minimum absolute atomic E-state index is 0.0781. The molecule has 2 aromatic heterocycles. The van der Waals surface area contributed by atoms with Gasteiger partial charge >= 0.3 is 5.69 Å². The lowest BCUT2D eigenvalue weighted by Crippen LogP contribution is -2.22. The van der Waals surface area contributed by atoms with Crippen molar-refractivity contribution < 1.29 is 0 Å². The van der Waals surface area contributed by atoms with Crippen LogP contribution in [0.3, 0.4) is 0 Å². The van der Waals surface area contributed by atoms with Crippen LogP contribution in [-0.4, -0.2) is 14.2 Å². The van der Waals surface area contributed by atoms with E-state index in [9.17, 15) is 4.79 Å². The van der Waals surface area contributed by atoms with Gasteiger partial charge in [0.1, 0.15) is 0 Å². The van der Waals surface area contributed by atoms with E-state index in [1.807, 2.05) is 32.0 Å². The van der Waals surface area contributed by atoms with E-state index in [0.717, 1.165) is 0 Å². The molecule has 2 rings (SSSR count). The van der Waals surface area contributed by atoms with Crippen LogP contribution in [0, 0.1) is 0 Å². The van der Waals surface area contributed by atoms with E-state index < -0.39 is 0 Å². The molecule has 2 aromatic rings. The van der Waals surface area contributed by atoms with Crippen molar-refractivity contribution in [2.45, 2.75) is 19.9 Å². The van der Waals surface area contributed by atoms with E-state index in [1.54, 1.807) is 10.6 Å². The Morgan fingerprint density at radius 2 is 2.15 bits per heavy atom. The second-order valence-electron chi connectivity index (χ2n) is 3.25. The van der Waals surface area contributed by atoms with Crippen LogP contribution in [0.1, 0.15) is 19.9 Å². The minimum atomic E-state index is -0.0781. The van der Waals surface area contributed by atoms with Crippen molar-refractivity contribution in [1.82, 2.24) is 14.2 Å². The van der Waals surface area contributed by atoms with Crippen LogP contribution in [0.4, 0.5) is 0 Å². The fourth-order valence-electron chi connectivity index (χ4n) is 1.28. The third-order valence-electron chi connectivity index (χ3n) is 1.94. The number of fused-ring (bicyclic) bond motifs is 1. The monoisotopic (exact) mass is 177 g/mol. The summed E-state index contributed by atoms with van der Waals surface area (Å²) < 4.78 is 3.02. The number of pyridine rings is 1. The zero-order valence-electron chi connectivity index (χ0n) is 7.64. The number of hydrogen-bond acceptors (Lipinski definition) is 2. The topological polar surface area (TPSA) is 39.3 Å². The van der Waals surface area contributed by atoms with Crippen LogP contribution in [-0.2, 0) is 0 Å². The molecule has 68 valence electrons. The molecule has 0 amide bonds. The first kappa shape index (κ1) is 8.04. The van der Waals surface area contributed by atoms with E-state index in [0.29, 0.717) is 5.65 Å². The molecular weight excluding hydrogens is 166 g/mol. The van der Waals surface area contributed by atoms with Gasteiger partial charge in [-0.05, 0) is 26.0 Å². The molecule has 4 heteroatoms. The summed E-state index contributed by atoms with van der Waals surface area (Å²) in [6.07, 6.45) is 1.73. The molecule has 0 N–H and O–H groups in total. The Balaban J connectivity index is 2.82. The molecule has 0 aliphatic rings. The largest absolute Gasteiger partial charge is 0.350 e. The van der Waals surface area contributed by atoms with E-state index in [2.05, 4.69) is 5.10 Å². The van der Waals surface area contributed by atoms with Crippen molar-refractivity contribution in [1.29, 1.82) is 0 Å². The van der Waals surface area contributed by atoms with Gasteiger partial charge in [0.25, 0.3) is 0 Å². The summed E-state index contributed by atoms with van der Waals surface area (Å²) in [4.78, 5) is 11.6. The number of rotatable bonds is 1. The maximum absolute atomic E-state index is 11.6. The maximum atomic E-state index is 11.6. The molecular formula is C9H11N3O. The zero-order valence-corrected chi connectivity index (χ0v) is 7.64. The summed E-state index contributed by atoms with van der Waals surface area (Å²) in [5.41, 5.74) is 0.617. The highest BCUT2D eigenvalue weighted by atomic mass is 16.2. The molecule has 0 unspecified atom stereocenters.